The van der Waals surface area contributed by atoms with Gasteiger partial charge in [0, 0.05) is 5.92 Å². The topological polar surface area (TPSA) is 105 Å². The van der Waals surface area contributed by atoms with Crippen LogP contribution in [0.4, 0.5) is 4.79 Å². The standard InChI is InChI=1S/C27H32N2O6S/c1-16-23(25(31)32)29(27(2,3)35-16)24(30)22(13-14-36-4)28-26(33)34-15-21-19-11-7-5-9-17(19)18-10-6-8-12-20(18)21/h5-12,16,21-23H,13-15H2,1-4H3,(H,28,33)(H,31,32). The molecule has 1 heterocycles. The highest BCUT2D eigenvalue weighted by Gasteiger charge is 2.52. The first-order valence-electron chi connectivity index (χ1n) is 12.0. The highest BCUT2D eigenvalue weighted by molar-refractivity contribution is 7.98. The molecule has 2 aromatic rings. The van der Waals surface area contributed by atoms with Crippen molar-refractivity contribution in [2.24, 2.45) is 0 Å². The lowest BCUT2D eigenvalue weighted by Gasteiger charge is -2.35. The van der Waals surface area contributed by atoms with Gasteiger partial charge in [0.1, 0.15) is 18.4 Å². The SMILES string of the molecule is CSCCC(NC(=O)OCC1c2ccccc2-c2ccccc21)C(=O)N1C(C(=O)O)C(C)OC1(C)C. The third kappa shape index (κ3) is 4.95. The second-order valence-corrected chi connectivity index (χ2v) is 10.6. The summed E-state index contributed by atoms with van der Waals surface area (Å²) < 4.78 is 11.4. The molecule has 8 nitrogen and oxygen atoms in total. The lowest BCUT2D eigenvalue weighted by molar-refractivity contribution is -0.156. The zero-order chi connectivity index (χ0) is 26.0. The number of carbonyl (C=O) groups is 3. The van der Waals surface area contributed by atoms with Crippen molar-refractivity contribution in [1.29, 1.82) is 0 Å². The van der Waals surface area contributed by atoms with Gasteiger partial charge in [0.05, 0.1) is 6.10 Å². The average molecular weight is 513 g/mol. The third-order valence-corrected chi connectivity index (χ3v) is 7.46. The van der Waals surface area contributed by atoms with Crippen LogP contribution in [0.25, 0.3) is 11.1 Å². The molecule has 2 aromatic carbocycles. The summed E-state index contributed by atoms with van der Waals surface area (Å²) in [7, 11) is 0. The maximum atomic E-state index is 13.6. The molecular formula is C27H32N2O6S. The van der Waals surface area contributed by atoms with Crippen LogP contribution in [0.1, 0.15) is 44.2 Å². The van der Waals surface area contributed by atoms with Crippen LogP contribution in [0, 0.1) is 0 Å². The van der Waals surface area contributed by atoms with Crippen molar-refractivity contribution in [3.8, 4) is 11.1 Å². The van der Waals surface area contributed by atoms with E-state index < -0.39 is 41.9 Å². The first-order chi connectivity index (χ1) is 17.2. The number of hydrogen-bond acceptors (Lipinski definition) is 6. The number of carbonyl (C=O) groups excluding carboxylic acids is 2. The Kier molecular flexibility index (Phi) is 7.61. The molecule has 2 aliphatic rings. The number of fused-ring (bicyclic) bond motifs is 3. The molecule has 3 unspecified atom stereocenters. The van der Waals surface area contributed by atoms with Gasteiger partial charge in [-0.25, -0.2) is 9.59 Å². The fraction of sp³-hybridized carbons (Fsp3) is 0.444. The largest absolute Gasteiger partial charge is 0.480 e. The summed E-state index contributed by atoms with van der Waals surface area (Å²) in [6, 6.07) is 14.0. The lowest BCUT2D eigenvalue weighted by atomic mass is 9.98. The number of nitrogens with one attached hydrogen (secondary N) is 1. The van der Waals surface area contributed by atoms with Gasteiger partial charge in [0.15, 0.2) is 6.04 Å². The quantitative estimate of drug-likeness (QED) is 0.549. The molecule has 1 saturated heterocycles. The Morgan fingerprint density at radius 2 is 1.69 bits per heavy atom. The Morgan fingerprint density at radius 1 is 1.11 bits per heavy atom. The lowest BCUT2D eigenvalue weighted by Crippen LogP contribution is -2.58. The van der Waals surface area contributed by atoms with Crippen molar-refractivity contribution in [2.75, 3.05) is 18.6 Å². The molecule has 0 spiro atoms. The molecule has 1 fully saturated rings. The maximum Gasteiger partial charge on any atom is 0.407 e. The number of alkyl carbamates (subject to hydrolysis) is 1. The second-order valence-electron chi connectivity index (χ2n) is 9.56. The highest BCUT2D eigenvalue weighted by atomic mass is 32.2. The van der Waals surface area contributed by atoms with E-state index in [9.17, 15) is 19.5 Å². The van der Waals surface area contributed by atoms with Crippen molar-refractivity contribution in [3.63, 3.8) is 0 Å². The summed E-state index contributed by atoms with van der Waals surface area (Å²) in [4.78, 5) is 39.6. The average Bonchev–Trinajstić information content (AvgIpc) is 3.29. The Hall–Kier alpha value is -3.04. The number of aliphatic carboxylic acids is 1. The van der Waals surface area contributed by atoms with Gasteiger partial charge >= 0.3 is 12.1 Å². The predicted octanol–water partition coefficient (Wildman–Crippen LogP) is 4.08. The minimum atomic E-state index is -1.15. The number of amides is 2. The van der Waals surface area contributed by atoms with Gasteiger partial charge in [-0.05, 0) is 61.5 Å². The molecule has 192 valence electrons. The van der Waals surface area contributed by atoms with E-state index in [4.69, 9.17) is 9.47 Å². The Bertz CT molecular complexity index is 1110. The number of nitrogens with zero attached hydrogens (tertiary/aromatic N) is 1. The predicted molar refractivity (Wildman–Crippen MR) is 138 cm³/mol. The van der Waals surface area contributed by atoms with E-state index in [1.165, 1.54) is 16.7 Å². The summed E-state index contributed by atoms with van der Waals surface area (Å²) in [5.74, 6) is -1.15. The van der Waals surface area contributed by atoms with Gasteiger partial charge in [0.2, 0.25) is 5.91 Å². The van der Waals surface area contributed by atoms with Crippen LogP contribution >= 0.6 is 11.8 Å². The van der Waals surface area contributed by atoms with E-state index >= 15 is 0 Å². The van der Waals surface area contributed by atoms with Crippen LogP contribution in [-0.2, 0) is 19.1 Å². The number of hydrogen-bond donors (Lipinski definition) is 2. The van der Waals surface area contributed by atoms with Gasteiger partial charge in [-0.3, -0.25) is 9.69 Å². The summed E-state index contributed by atoms with van der Waals surface area (Å²) in [5, 5.41) is 12.4. The Balaban J connectivity index is 1.48. The molecule has 36 heavy (non-hydrogen) atoms. The number of thioether (sulfide) groups is 1. The summed E-state index contributed by atoms with van der Waals surface area (Å²) in [6.45, 7) is 5.06. The molecule has 1 aliphatic heterocycles. The molecule has 1 aliphatic carbocycles. The number of benzene rings is 2. The zero-order valence-corrected chi connectivity index (χ0v) is 21.7. The highest BCUT2D eigenvalue weighted by Crippen LogP contribution is 2.44. The zero-order valence-electron chi connectivity index (χ0n) is 20.9. The maximum absolute atomic E-state index is 13.6. The molecular weight excluding hydrogens is 480 g/mol. The molecule has 0 saturated carbocycles. The smallest absolute Gasteiger partial charge is 0.407 e. The second kappa shape index (κ2) is 10.5. The van der Waals surface area contributed by atoms with E-state index in [1.54, 1.807) is 20.8 Å². The Morgan fingerprint density at radius 3 is 2.25 bits per heavy atom. The van der Waals surface area contributed by atoms with Crippen LogP contribution < -0.4 is 5.32 Å². The Labute approximate surface area is 215 Å². The van der Waals surface area contributed by atoms with Crippen molar-refractivity contribution in [2.45, 2.75) is 57.0 Å². The van der Waals surface area contributed by atoms with Crippen LogP contribution in [0.2, 0.25) is 0 Å². The monoisotopic (exact) mass is 512 g/mol. The van der Waals surface area contributed by atoms with Gasteiger partial charge < -0.3 is 19.9 Å². The van der Waals surface area contributed by atoms with Crippen molar-refractivity contribution < 1.29 is 29.0 Å². The van der Waals surface area contributed by atoms with Crippen molar-refractivity contribution in [1.82, 2.24) is 10.2 Å². The van der Waals surface area contributed by atoms with Gasteiger partial charge in [0.25, 0.3) is 0 Å². The van der Waals surface area contributed by atoms with Gasteiger partial charge in [-0.15, -0.1) is 0 Å². The van der Waals surface area contributed by atoms with E-state index in [-0.39, 0.29) is 12.5 Å². The minimum absolute atomic E-state index is 0.105. The van der Waals surface area contributed by atoms with E-state index in [0.717, 1.165) is 22.3 Å². The summed E-state index contributed by atoms with van der Waals surface area (Å²) in [5.41, 5.74) is 3.31. The molecule has 2 amide bonds. The third-order valence-electron chi connectivity index (χ3n) is 6.81. The molecule has 9 heteroatoms. The fourth-order valence-corrected chi connectivity index (χ4v) is 5.75. The molecule has 0 aromatic heterocycles. The normalized spacial score (nSPS) is 20.9. The van der Waals surface area contributed by atoms with E-state index in [2.05, 4.69) is 17.4 Å². The van der Waals surface area contributed by atoms with E-state index in [1.807, 2.05) is 42.7 Å². The minimum Gasteiger partial charge on any atom is -0.480 e. The number of rotatable bonds is 8. The summed E-state index contributed by atoms with van der Waals surface area (Å²) in [6.07, 6.45) is 0.837. The molecule has 0 radical (unpaired) electrons. The number of carboxylic acid groups (broad SMARTS) is 1. The first kappa shape index (κ1) is 26.0. The van der Waals surface area contributed by atoms with Crippen molar-refractivity contribution >= 4 is 29.7 Å². The van der Waals surface area contributed by atoms with Gasteiger partial charge in [-0.1, -0.05) is 48.5 Å². The molecule has 4 rings (SSSR count). The first-order valence-corrected chi connectivity index (χ1v) is 13.4. The van der Waals surface area contributed by atoms with Crippen molar-refractivity contribution in [3.05, 3.63) is 59.7 Å². The van der Waals surface area contributed by atoms with Crippen LogP contribution in [0.3, 0.4) is 0 Å². The van der Waals surface area contributed by atoms with Crippen LogP contribution in [0.15, 0.2) is 48.5 Å². The number of carboxylic acids is 1. The number of ether oxygens (including phenoxy) is 2. The fourth-order valence-electron chi connectivity index (χ4n) is 5.28. The molecule has 3 atom stereocenters. The molecule has 2 N–H and O–H groups in total. The summed E-state index contributed by atoms with van der Waals surface area (Å²) >= 11 is 1.53. The molecule has 0 bridgehead atoms. The van der Waals surface area contributed by atoms with E-state index in [0.29, 0.717) is 12.2 Å². The van der Waals surface area contributed by atoms with Crippen LogP contribution in [-0.4, -0.2) is 70.5 Å². The van der Waals surface area contributed by atoms with Crippen LogP contribution in [0.5, 0.6) is 0 Å². The van der Waals surface area contributed by atoms with Gasteiger partial charge in [-0.2, -0.15) is 11.8 Å².